The van der Waals surface area contributed by atoms with E-state index in [-0.39, 0.29) is 10.9 Å². The second-order valence-corrected chi connectivity index (χ2v) is 6.24. The van der Waals surface area contributed by atoms with E-state index in [9.17, 15) is 9.18 Å². The molecule has 5 nitrogen and oxygen atoms in total. The molecule has 1 aliphatic heterocycles. The lowest BCUT2D eigenvalue weighted by Gasteiger charge is -2.27. The number of nitrogens with one attached hydrogen (secondary N) is 3. The Balaban J connectivity index is 1.50. The monoisotopic (exact) mass is 350 g/mol. The molecule has 0 radical (unpaired) electrons. The minimum Gasteiger partial charge on any atom is -0.321 e. The van der Waals surface area contributed by atoms with Crippen LogP contribution in [0.25, 0.3) is 0 Å². The molecular formula is C17H20ClFN4O+2. The van der Waals surface area contributed by atoms with E-state index < -0.39 is 5.82 Å². The second-order valence-electron chi connectivity index (χ2n) is 5.83. The number of piperazine rings is 1. The average molecular weight is 351 g/mol. The Morgan fingerprint density at radius 1 is 1.29 bits per heavy atom. The molecule has 0 saturated carbocycles. The van der Waals surface area contributed by atoms with Crippen LogP contribution in [-0.2, 0) is 4.79 Å². The van der Waals surface area contributed by atoms with Crippen LogP contribution < -0.4 is 20.1 Å². The molecular weight excluding hydrogens is 331 g/mol. The first kappa shape index (κ1) is 16.7. The van der Waals surface area contributed by atoms with Crippen LogP contribution >= 0.6 is 11.6 Å². The number of quaternary nitrogens is 1. The number of carbonyl (C=O) groups excluding carboxylic acids is 1. The van der Waals surface area contributed by atoms with E-state index in [2.05, 4.69) is 15.2 Å². The number of hydrogen-bond donors (Lipinski definition) is 2. The number of rotatable bonds is 4. The molecule has 126 valence electrons. The summed E-state index contributed by atoms with van der Waals surface area (Å²) in [4.78, 5) is 18.9. The third-order valence-electron chi connectivity index (χ3n) is 4.12. The summed E-state index contributed by atoms with van der Waals surface area (Å²) in [7, 11) is 0. The molecule has 3 N–H and O–H groups in total. The molecule has 1 aromatic heterocycles. The standard InChI is InChI=1S/C17H18ClFN4O/c18-14-11-13(19)4-5-15(14)21-17(24)12-22-7-9-23(10-8-22)16-3-1-2-6-20-16/h1-6,11H,7-10,12H2,(H,21,24)/p+2. The van der Waals surface area contributed by atoms with E-state index in [4.69, 9.17) is 11.6 Å². The third kappa shape index (κ3) is 4.21. The number of amides is 1. The van der Waals surface area contributed by atoms with Crippen molar-refractivity contribution in [3.8, 4) is 0 Å². The number of pyridine rings is 1. The van der Waals surface area contributed by atoms with E-state index in [0.29, 0.717) is 12.2 Å². The topological polar surface area (TPSA) is 50.9 Å². The van der Waals surface area contributed by atoms with Crippen molar-refractivity contribution in [2.24, 2.45) is 0 Å². The van der Waals surface area contributed by atoms with E-state index in [1.807, 2.05) is 24.4 Å². The van der Waals surface area contributed by atoms with Crippen LogP contribution in [0.5, 0.6) is 0 Å². The first-order valence-electron chi connectivity index (χ1n) is 7.92. The fourth-order valence-corrected chi connectivity index (χ4v) is 3.05. The fourth-order valence-electron chi connectivity index (χ4n) is 2.83. The van der Waals surface area contributed by atoms with Crippen LogP contribution in [0.4, 0.5) is 15.9 Å². The first-order valence-corrected chi connectivity index (χ1v) is 8.30. The maximum Gasteiger partial charge on any atom is 0.279 e. The van der Waals surface area contributed by atoms with Gasteiger partial charge in [0.2, 0.25) is 0 Å². The van der Waals surface area contributed by atoms with E-state index in [1.54, 1.807) is 0 Å². The summed E-state index contributed by atoms with van der Waals surface area (Å²) >= 11 is 5.93. The van der Waals surface area contributed by atoms with Gasteiger partial charge in [-0.25, -0.2) is 9.37 Å². The van der Waals surface area contributed by atoms with Crippen LogP contribution in [0.15, 0.2) is 42.6 Å². The van der Waals surface area contributed by atoms with Gasteiger partial charge in [-0.2, -0.15) is 0 Å². The Hall–Kier alpha value is -2.18. The molecule has 1 aromatic carbocycles. The maximum absolute atomic E-state index is 13.0. The Labute approximate surface area is 145 Å². The second kappa shape index (κ2) is 7.59. The number of nitrogens with zero attached hydrogens (tertiary/aromatic N) is 1. The van der Waals surface area contributed by atoms with Gasteiger partial charge in [-0.3, -0.25) is 9.69 Å². The molecule has 0 bridgehead atoms. The Kier molecular flexibility index (Phi) is 5.27. The third-order valence-corrected chi connectivity index (χ3v) is 4.43. The van der Waals surface area contributed by atoms with Crippen LogP contribution in [0.3, 0.4) is 0 Å². The Morgan fingerprint density at radius 2 is 2.08 bits per heavy atom. The summed E-state index contributed by atoms with van der Waals surface area (Å²) in [5, 5.41) is 2.96. The molecule has 1 aliphatic rings. The van der Waals surface area contributed by atoms with Gasteiger partial charge < -0.3 is 10.2 Å². The average Bonchev–Trinajstić information content (AvgIpc) is 2.59. The highest BCUT2D eigenvalue weighted by Crippen LogP contribution is 2.22. The van der Waals surface area contributed by atoms with Crippen LogP contribution in [0.2, 0.25) is 5.02 Å². The zero-order chi connectivity index (χ0) is 16.9. The predicted octanol–water partition coefficient (Wildman–Crippen LogP) is 0.637. The maximum atomic E-state index is 13.0. The molecule has 1 amide bonds. The van der Waals surface area contributed by atoms with Gasteiger partial charge in [-0.05, 0) is 24.3 Å². The summed E-state index contributed by atoms with van der Waals surface area (Å²) in [6.07, 6.45) is 1.91. The largest absolute Gasteiger partial charge is 0.321 e. The Bertz CT molecular complexity index is 705. The number of aromatic amines is 1. The lowest BCUT2D eigenvalue weighted by Crippen LogP contribution is -3.15. The summed E-state index contributed by atoms with van der Waals surface area (Å²) in [6.45, 7) is 3.92. The van der Waals surface area contributed by atoms with Gasteiger partial charge in [0.15, 0.2) is 6.54 Å². The Morgan fingerprint density at radius 3 is 2.75 bits per heavy atom. The molecule has 0 atom stereocenters. The van der Waals surface area contributed by atoms with Gasteiger partial charge in [0.1, 0.15) is 32.0 Å². The summed E-state index contributed by atoms with van der Waals surface area (Å²) in [5.41, 5.74) is 0.444. The fraction of sp³-hybridized carbons (Fsp3) is 0.294. The molecule has 0 aliphatic carbocycles. The minimum absolute atomic E-state index is 0.113. The highest BCUT2D eigenvalue weighted by Gasteiger charge is 2.27. The number of hydrogen-bond acceptors (Lipinski definition) is 2. The van der Waals surface area contributed by atoms with Gasteiger partial charge in [-0.15, -0.1) is 0 Å². The highest BCUT2D eigenvalue weighted by molar-refractivity contribution is 6.33. The highest BCUT2D eigenvalue weighted by atomic mass is 35.5. The number of halogens is 2. The van der Waals surface area contributed by atoms with Crippen molar-refractivity contribution in [1.29, 1.82) is 0 Å². The summed E-state index contributed by atoms with van der Waals surface area (Å²) in [5.74, 6) is 0.565. The quantitative estimate of drug-likeness (QED) is 0.850. The number of carbonyl (C=O) groups is 1. The molecule has 1 saturated heterocycles. The summed E-state index contributed by atoms with van der Waals surface area (Å²) in [6, 6.07) is 9.96. The smallest absolute Gasteiger partial charge is 0.279 e. The first-order chi connectivity index (χ1) is 11.6. The molecule has 3 rings (SSSR count). The zero-order valence-corrected chi connectivity index (χ0v) is 13.9. The van der Waals surface area contributed by atoms with E-state index in [1.165, 1.54) is 23.1 Å². The van der Waals surface area contributed by atoms with Crippen LogP contribution in [-0.4, -0.2) is 38.6 Å². The van der Waals surface area contributed by atoms with Gasteiger partial charge in [0, 0.05) is 6.07 Å². The van der Waals surface area contributed by atoms with E-state index >= 15 is 0 Å². The lowest BCUT2D eigenvalue weighted by atomic mass is 10.3. The van der Waals surface area contributed by atoms with Crippen LogP contribution in [0, 0.1) is 5.82 Å². The van der Waals surface area contributed by atoms with Gasteiger partial charge >= 0.3 is 0 Å². The molecule has 24 heavy (non-hydrogen) atoms. The molecule has 1 fully saturated rings. The lowest BCUT2D eigenvalue weighted by molar-refractivity contribution is -0.892. The van der Waals surface area contributed by atoms with E-state index in [0.717, 1.165) is 32.0 Å². The SMILES string of the molecule is O=C(C[NH+]1CCN(c2cccc[nH+]2)CC1)Nc1ccc(F)cc1Cl. The number of aromatic nitrogens is 1. The normalized spacial score (nSPS) is 15.3. The van der Waals surface area contributed by atoms with Crippen molar-refractivity contribution in [2.75, 3.05) is 42.9 Å². The van der Waals surface area contributed by atoms with Crippen molar-refractivity contribution in [2.45, 2.75) is 0 Å². The van der Waals surface area contributed by atoms with Gasteiger partial charge in [0.25, 0.3) is 11.7 Å². The van der Waals surface area contributed by atoms with Gasteiger partial charge in [0.05, 0.1) is 16.9 Å². The van der Waals surface area contributed by atoms with Crippen molar-refractivity contribution in [3.05, 3.63) is 53.4 Å². The molecule has 2 aromatic rings. The molecule has 0 spiro atoms. The number of anilines is 2. The molecule has 0 unspecified atom stereocenters. The molecule has 7 heteroatoms. The number of H-pyrrole nitrogens is 1. The predicted molar refractivity (Wildman–Crippen MR) is 90.8 cm³/mol. The zero-order valence-electron chi connectivity index (χ0n) is 13.2. The van der Waals surface area contributed by atoms with Crippen LogP contribution in [0.1, 0.15) is 0 Å². The van der Waals surface area contributed by atoms with Crippen molar-refractivity contribution in [1.82, 2.24) is 0 Å². The van der Waals surface area contributed by atoms with Crippen molar-refractivity contribution >= 4 is 29.0 Å². The molecule has 2 heterocycles. The van der Waals surface area contributed by atoms with Gasteiger partial charge in [-0.1, -0.05) is 17.7 Å². The van der Waals surface area contributed by atoms with Crippen molar-refractivity contribution in [3.63, 3.8) is 0 Å². The van der Waals surface area contributed by atoms with Crippen molar-refractivity contribution < 1.29 is 19.1 Å². The summed E-state index contributed by atoms with van der Waals surface area (Å²) < 4.78 is 13.0. The minimum atomic E-state index is -0.419. The number of benzene rings is 1.